The summed E-state index contributed by atoms with van der Waals surface area (Å²) in [5.41, 5.74) is 4.27. The number of anilines is 1. The second-order valence-corrected chi connectivity index (χ2v) is 3.79. The Morgan fingerprint density at radius 1 is 1.38 bits per heavy atom. The van der Waals surface area contributed by atoms with E-state index < -0.39 is 0 Å². The SMILES string of the molecule is CCc1cc(C2CC2)ccc1NC. The number of rotatable bonds is 3. The second kappa shape index (κ2) is 3.41. The van der Waals surface area contributed by atoms with Crippen LogP contribution in [0.15, 0.2) is 18.2 Å². The highest BCUT2D eigenvalue weighted by Crippen LogP contribution is 2.41. The zero-order valence-electron chi connectivity index (χ0n) is 8.43. The molecule has 1 aromatic carbocycles. The van der Waals surface area contributed by atoms with Crippen molar-refractivity contribution in [1.29, 1.82) is 0 Å². The van der Waals surface area contributed by atoms with Crippen molar-refractivity contribution in [3.05, 3.63) is 29.3 Å². The first kappa shape index (κ1) is 8.61. The van der Waals surface area contributed by atoms with Gasteiger partial charge in [0.1, 0.15) is 0 Å². The van der Waals surface area contributed by atoms with Gasteiger partial charge in [-0.3, -0.25) is 0 Å². The monoisotopic (exact) mass is 175 g/mol. The van der Waals surface area contributed by atoms with E-state index in [1.165, 1.54) is 29.7 Å². The lowest BCUT2D eigenvalue weighted by Crippen LogP contribution is -1.95. The van der Waals surface area contributed by atoms with Gasteiger partial charge in [0, 0.05) is 12.7 Å². The Kier molecular flexibility index (Phi) is 2.26. The maximum Gasteiger partial charge on any atom is 0.0370 e. The molecule has 1 aliphatic rings. The maximum atomic E-state index is 3.23. The molecule has 1 N–H and O–H groups in total. The van der Waals surface area contributed by atoms with E-state index in [-0.39, 0.29) is 0 Å². The number of aryl methyl sites for hydroxylation is 1. The standard InChI is InChI=1S/C12H17N/c1-3-9-8-11(10-4-5-10)6-7-12(9)13-2/h6-8,10,13H,3-5H2,1-2H3. The predicted octanol–water partition coefficient (Wildman–Crippen LogP) is 3.17. The molecule has 0 atom stereocenters. The van der Waals surface area contributed by atoms with Gasteiger partial charge >= 0.3 is 0 Å². The van der Waals surface area contributed by atoms with Crippen LogP contribution in [0.4, 0.5) is 5.69 Å². The number of hydrogen-bond donors (Lipinski definition) is 1. The van der Waals surface area contributed by atoms with Gasteiger partial charge in [-0.1, -0.05) is 19.1 Å². The summed E-state index contributed by atoms with van der Waals surface area (Å²) in [6.07, 6.45) is 3.90. The highest BCUT2D eigenvalue weighted by atomic mass is 14.8. The normalized spacial score (nSPS) is 15.8. The summed E-state index contributed by atoms with van der Waals surface area (Å²) in [4.78, 5) is 0. The molecule has 0 radical (unpaired) electrons. The molecule has 70 valence electrons. The van der Waals surface area contributed by atoms with Gasteiger partial charge in [0.25, 0.3) is 0 Å². The van der Waals surface area contributed by atoms with E-state index >= 15 is 0 Å². The Bertz CT molecular complexity index is 300. The lowest BCUT2D eigenvalue weighted by atomic mass is 10.0. The van der Waals surface area contributed by atoms with Crippen LogP contribution in [-0.4, -0.2) is 7.05 Å². The van der Waals surface area contributed by atoms with Gasteiger partial charge in [0.15, 0.2) is 0 Å². The van der Waals surface area contributed by atoms with Gasteiger partial charge in [-0.15, -0.1) is 0 Å². The minimum absolute atomic E-state index is 0.871. The van der Waals surface area contributed by atoms with Crippen LogP contribution in [0.2, 0.25) is 0 Å². The van der Waals surface area contributed by atoms with Crippen LogP contribution in [0.5, 0.6) is 0 Å². The van der Waals surface area contributed by atoms with Gasteiger partial charge in [-0.05, 0) is 42.4 Å². The van der Waals surface area contributed by atoms with Crippen molar-refractivity contribution in [3.8, 4) is 0 Å². The third-order valence-corrected chi connectivity index (χ3v) is 2.83. The first-order valence-corrected chi connectivity index (χ1v) is 5.15. The van der Waals surface area contributed by atoms with E-state index in [9.17, 15) is 0 Å². The van der Waals surface area contributed by atoms with E-state index in [1.54, 1.807) is 0 Å². The van der Waals surface area contributed by atoms with Crippen LogP contribution in [0.25, 0.3) is 0 Å². The minimum atomic E-state index is 0.871. The van der Waals surface area contributed by atoms with Crippen LogP contribution >= 0.6 is 0 Å². The minimum Gasteiger partial charge on any atom is -0.388 e. The largest absolute Gasteiger partial charge is 0.388 e. The smallest absolute Gasteiger partial charge is 0.0370 e. The van der Waals surface area contributed by atoms with Crippen LogP contribution in [-0.2, 0) is 6.42 Å². The summed E-state index contributed by atoms with van der Waals surface area (Å²) in [6, 6.07) is 6.85. The Morgan fingerprint density at radius 3 is 2.69 bits per heavy atom. The fourth-order valence-electron chi connectivity index (χ4n) is 1.82. The average Bonchev–Trinajstić information content (AvgIpc) is 3.00. The highest BCUT2D eigenvalue weighted by molar-refractivity contribution is 5.53. The van der Waals surface area contributed by atoms with E-state index in [4.69, 9.17) is 0 Å². The number of benzene rings is 1. The molecule has 1 heteroatoms. The maximum absolute atomic E-state index is 3.23. The molecule has 1 fully saturated rings. The quantitative estimate of drug-likeness (QED) is 0.744. The third-order valence-electron chi connectivity index (χ3n) is 2.83. The van der Waals surface area contributed by atoms with Crippen molar-refractivity contribution in [2.45, 2.75) is 32.1 Å². The van der Waals surface area contributed by atoms with E-state index in [0.717, 1.165) is 12.3 Å². The second-order valence-electron chi connectivity index (χ2n) is 3.79. The van der Waals surface area contributed by atoms with Crippen molar-refractivity contribution in [2.24, 2.45) is 0 Å². The van der Waals surface area contributed by atoms with Crippen LogP contribution in [0, 0.1) is 0 Å². The summed E-state index contributed by atoms with van der Waals surface area (Å²) in [7, 11) is 1.99. The molecule has 0 spiro atoms. The van der Waals surface area contributed by atoms with Gasteiger partial charge in [-0.25, -0.2) is 0 Å². The van der Waals surface area contributed by atoms with Crippen LogP contribution in [0.1, 0.15) is 36.8 Å². The van der Waals surface area contributed by atoms with E-state index in [0.29, 0.717) is 0 Å². The Balaban J connectivity index is 2.31. The molecule has 0 aromatic heterocycles. The zero-order chi connectivity index (χ0) is 9.26. The topological polar surface area (TPSA) is 12.0 Å². The van der Waals surface area contributed by atoms with Gasteiger partial charge in [-0.2, -0.15) is 0 Å². The fraction of sp³-hybridized carbons (Fsp3) is 0.500. The molecule has 0 aliphatic heterocycles. The molecule has 13 heavy (non-hydrogen) atoms. The Morgan fingerprint density at radius 2 is 2.15 bits per heavy atom. The summed E-state index contributed by atoms with van der Waals surface area (Å²) in [5, 5.41) is 3.23. The van der Waals surface area contributed by atoms with Crippen molar-refractivity contribution in [2.75, 3.05) is 12.4 Å². The first-order valence-electron chi connectivity index (χ1n) is 5.15. The van der Waals surface area contributed by atoms with Crippen LogP contribution in [0.3, 0.4) is 0 Å². The molecule has 0 amide bonds. The zero-order valence-corrected chi connectivity index (χ0v) is 8.43. The molecule has 0 unspecified atom stereocenters. The molecule has 2 rings (SSSR count). The molecular weight excluding hydrogens is 158 g/mol. The summed E-state index contributed by atoms with van der Waals surface area (Å²) in [6.45, 7) is 2.22. The molecule has 1 aromatic rings. The van der Waals surface area contributed by atoms with Gasteiger partial charge in [0.2, 0.25) is 0 Å². The van der Waals surface area contributed by atoms with Crippen molar-refractivity contribution < 1.29 is 0 Å². The lowest BCUT2D eigenvalue weighted by molar-refractivity contribution is 1.08. The van der Waals surface area contributed by atoms with E-state index in [1.807, 2.05) is 7.05 Å². The fourth-order valence-corrected chi connectivity index (χ4v) is 1.82. The molecular formula is C12H17N. The summed E-state index contributed by atoms with van der Waals surface area (Å²) >= 11 is 0. The molecule has 0 bridgehead atoms. The number of hydrogen-bond acceptors (Lipinski definition) is 1. The van der Waals surface area contributed by atoms with Crippen LogP contribution < -0.4 is 5.32 Å². The van der Waals surface area contributed by atoms with Crippen molar-refractivity contribution >= 4 is 5.69 Å². The van der Waals surface area contributed by atoms with Gasteiger partial charge < -0.3 is 5.32 Å². The third kappa shape index (κ3) is 1.69. The lowest BCUT2D eigenvalue weighted by Gasteiger charge is -2.09. The first-order chi connectivity index (χ1) is 6.35. The predicted molar refractivity (Wildman–Crippen MR) is 57.3 cm³/mol. The van der Waals surface area contributed by atoms with E-state index in [2.05, 4.69) is 30.4 Å². The molecule has 1 saturated carbocycles. The summed E-state index contributed by atoms with van der Waals surface area (Å²) < 4.78 is 0. The molecule has 0 heterocycles. The highest BCUT2D eigenvalue weighted by Gasteiger charge is 2.23. The Labute approximate surface area is 80.2 Å². The van der Waals surface area contributed by atoms with Gasteiger partial charge in [0.05, 0.1) is 0 Å². The average molecular weight is 175 g/mol. The summed E-state index contributed by atoms with van der Waals surface area (Å²) in [5.74, 6) is 0.871. The Hall–Kier alpha value is -0.980. The van der Waals surface area contributed by atoms with Crippen molar-refractivity contribution in [1.82, 2.24) is 0 Å². The molecule has 1 aliphatic carbocycles. The van der Waals surface area contributed by atoms with Crippen molar-refractivity contribution in [3.63, 3.8) is 0 Å². The molecule has 0 saturated heterocycles. The number of nitrogens with one attached hydrogen (secondary N) is 1. The molecule has 1 nitrogen and oxygen atoms in total.